The van der Waals surface area contributed by atoms with E-state index in [-0.39, 0.29) is 19.6 Å². The number of ether oxygens (including phenoxy) is 4. The minimum Gasteiger partial charge on any atom is -0.457 e. The van der Waals surface area contributed by atoms with Crippen LogP contribution in [-0.2, 0) is 38.3 Å². The monoisotopic (exact) mass is 871 g/mol. The van der Waals surface area contributed by atoms with Crippen LogP contribution in [0.3, 0.4) is 0 Å². The van der Waals surface area contributed by atoms with E-state index in [1.165, 1.54) is 51.4 Å². The number of aliphatic hydroxyl groups excluding tert-OH is 3. The molecule has 0 amide bonds. The first-order chi connectivity index (χ1) is 29.1. The summed E-state index contributed by atoms with van der Waals surface area (Å²) in [6.07, 6.45) is 38.3. The van der Waals surface area contributed by atoms with E-state index in [2.05, 4.69) is 78.8 Å². The van der Waals surface area contributed by atoms with E-state index >= 15 is 0 Å². The van der Waals surface area contributed by atoms with Crippen LogP contribution in [0.1, 0.15) is 168 Å². The smallest absolute Gasteiger partial charge is 0.397 e. The van der Waals surface area contributed by atoms with Gasteiger partial charge < -0.3 is 34.3 Å². The molecule has 13 heteroatoms. The molecule has 6 unspecified atom stereocenters. The maximum absolute atomic E-state index is 12.8. The van der Waals surface area contributed by atoms with Crippen LogP contribution in [0.25, 0.3) is 0 Å². The SMILES string of the molecule is CC/C=C\C/C=C\C/C=C\C/C=C\C/C=C\CCCCCCCCOCC(COC1OC(CO)C(O)C(OS(=O)(=O)O)C1O)OC(=O)CCCCCCCCCCCCC. The summed E-state index contributed by atoms with van der Waals surface area (Å²) < 4.78 is 59.0. The molecular weight excluding hydrogens is 789 g/mol. The van der Waals surface area contributed by atoms with Gasteiger partial charge in [0.15, 0.2) is 6.29 Å². The molecule has 4 N–H and O–H groups in total. The quantitative estimate of drug-likeness (QED) is 0.0199. The molecule has 0 aliphatic carbocycles. The van der Waals surface area contributed by atoms with E-state index in [1.807, 2.05) is 0 Å². The summed E-state index contributed by atoms with van der Waals surface area (Å²) in [6.45, 7) is 3.82. The van der Waals surface area contributed by atoms with Crippen molar-refractivity contribution in [3.63, 3.8) is 0 Å². The number of rotatable bonds is 39. The predicted molar refractivity (Wildman–Crippen MR) is 239 cm³/mol. The third kappa shape index (κ3) is 31.6. The van der Waals surface area contributed by atoms with Crippen LogP contribution >= 0.6 is 0 Å². The Labute approximate surface area is 363 Å². The lowest BCUT2D eigenvalue weighted by Gasteiger charge is -2.41. The van der Waals surface area contributed by atoms with Crippen LogP contribution in [0, 0.1) is 0 Å². The fourth-order valence-corrected chi connectivity index (χ4v) is 7.21. The molecule has 348 valence electrons. The molecule has 1 aliphatic rings. The summed E-state index contributed by atoms with van der Waals surface area (Å²) in [4.78, 5) is 12.8. The summed E-state index contributed by atoms with van der Waals surface area (Å²) in [6, 6.07) is 0. The highest BCUT2D eigenvalue weighted by atomic mass is 32.3. The average Bonchev–Trinajstić information content (AvgIpc) is 3.22. The number of carbonyl (C=O) groups excluding carboxylic acids is 1. The van der Waals surface area contributed by atoms with E-state index in [0.29, 0.717) is 13.0 Å². The summed E-state index contributed by atoms with van der Waals surface area (Å²) in [5.41, 5.74) is 0. The van der Waals surface area contributed by atoms with Crippen LogP contribution in [0.5, 0.6) is 0 Å². The molecule has 1 rings (SSSR count). The van der Waals surface area contributed by atoms with E-state index in [1.54, 1.807) is 0 Å². The first-order valence-electron chi connectivity index (χ1n) is 23.0. The highest BCUT2D eigenvalue weighted by Gasteiger charge is 2.48. The molecular formula is C47H82O12S. The summed E-state index contributed by atoms with van der Waals surface area (Å²) >= 11 is 0. The van der Waals surface area contributed by atoms with Gasteiger partial charge in [0, 0.05) is 13.0 Å². The molecule has 1 heterocycles. The molecule has 1 saturated heterocycles. The number of unbranched alkanes of at least 4 members (excludes halogenated alkanes) is 16. The van der Waals surface area contributed by atoms with Gasteiger partial charge in [-0.3, -0.25) is 9.35 Å². The van der Waals surface area contributed by atoms with Crippen molar-refractivity contribution in [2.45, 2.75) is 205 Å². The van der Waals surface area contributed by atoms with Crippen molar-refractivity contribution >= 4 is 16.4 Å². The zero-order valence-electron chi connectivity index (χ0n) is 37.0. The normalized spacial score (nSPS) is 20.8. The fourth-order valence-electron chi connectivity index (χ4n) is 6.70. The van der Waals surface area contributed by atoms with E-state index in [0.717, 1.165) is 89.9 Å². The van der Waals surface area contributed by atoms with Crippen LogP contribution in [0.15, 0.2) is 60.8 Å². The minimum atomic E-state index is -5.06. The Morgan fingerprint density at radius 3 is 1.68 bits per heavy atom. The summed E-state index contributed by atoms with van der Waals surface area (Å²) in [7, 11) is -5.06. The molecule has 1 aliphatic heterocycles. The molecule has 6 atom stereocenters. The highest BCUT2D eigenvalue weighted by Crippen LogP contribution is 2.26. The summed E-state index contributed by atoms with van der Waals surface area (Å²) in [5, 5.41) is 30.6. The van der Waals surface area contributed by atoms with Gasteiger partial charge in [0.05, 0.1) is 19.8 Å². The Balaban J connectivity index is 2.39. The highest BCUT2D eigenvalue weighted by molar-refractivity contribution is 7.80. The number of hydrogen-bond donors (Lipinski definition) is 4. The maximum Gasteiger partial charge on any atom is 0.397 e. The second-order valence-corrected chi connectivity index (χ2v) is 16.7. The Hall–Kier alpha value is -2.20. The second-order valence-electron chi connectivity index (χ2n) is 15.6. The second kappa shape index (κ2) is 38.5. The number of allylic oxidation sites excluding steroid dienone is 10. The number of hydrogen-bond acceptors (Lipinski definition) is 11. The molecule has 0 aromatic carbocycles. The molecule has 0 radical (unpaired) electrons. The van der Waals surface area contributed by atoms with Gasteiger partial charge in [-0.25, -0.2) is 4.18 Å². The Bertz CT molecular complexity index is 1280. The molecule has 12 nitrogen and oxygen atoms in total. The van der Waals surface area contributed by atoms with Gasteiger partial charge in [-0.05, 0) is 57.8 Å². The standard InChI is InChI=1S/C47H82O12S/c1-3-5-7-9-11-13-15-16-17-18-19-20-21-22-23-24-25-27-29-31-33-35-37-55-39-41(57-43(49)36-34-32-30-28-26-14-12-10-8-6-4-2)40-56-47-45(51)46(59-60(52,53)54)44(50)42(38-48)58-47/h5,7,11,13,16-17,19-20,22-23,41-42,44-48,50-51H,3-4,6,8-10,12,14-15,18,21,24-40H2,1-2H3,(H,52,53,54)/b7-5-,13-11-,17-16-,20-19-,23-22-. The lowest BCUT2D eigenvalue weighted by atomic mass is 9.99. The Morgan fingerprint density at radius 2 is 1.15 bits per heavy atom. The minimum absolute atomic E-state index is 0.0249. The topological polar surface area (TPSA) is 178 Å². The summed E-state index contributed by atoms with van der Waals surface area (Å²) in [5.74, 6) is -0.408. The van der Waals surface area contributed by atoms with Crippen molar-refractivity contribution in [1.29, 1.82) is 0 Å². The van der Waals surface area contributed by atoms with Crippen LogP contribution < -0.4 is 0 Å². The third-order valence-corrected chi connectivity index (χ3v) is 10.6. The number of esters is 1. The molecule has 60 heavy (non-hydrogen) atoms. The first kappa shape index (κ1) is 55.8. The molecule has 1 fully saturated rings. The van der Waals surface area contributed by atoms with E-state index in [9.17, 15) is 28.5 Å². The van der Waals surface area contributed by atoms with Crippen molar-refractivity contribution in [3.8, 4) is 0 Å². The lowest BCUT2D eigenvalue weighted by molar-refractivity contribution is -0.301. The number of carbonyl (C=O) groups is 1. The largest absolute Gasteiger partial charge is 0.457 e. The van der Waals surface area contributed by atoms with Gasteiger partial charge in [0.2, 0.25) is 0 Å². The lowest BCUT2D eigenvalue weighted by Crippen LogP contribution is -2.60. The van der Waals surface area contributed by atoms with Gasteiger partial charge in [0.25, 0.3) is 0 Å². The van der Waals surface area contributed by atoms with Crippen molar-refractivity contribution in [3.05, 3.63) is 60.8 Å². The zero-order valence-corrected chi connectivity index (χ0v) is 37.8. The van der Waals surface area contributed by atoms with Gasteiger partial charge in [0.1, 0.15) is 30.5 Å². The zero-order chi connectivity index (χ0) is 43.9. The molecule has 0 aromatic heterocycles. The van der Waals surface area contributed by atoms with Gasteiger partial charge in [-0.15, -0.1) is 0 Å². The Kier molecular flexibility index (Phi) is 35.8. The van der Waals surface area contributed by atoms with Crippen LogP contribution in [-0.4, -0.2) is 97.5 Å². The predicted octanol–water partition coefficient (Wildman–Crippen LogP) is 9.74. The molecule has 0 saturated carbocycles. The van der Waals surface area contributed by atoms with Crippen LogP contribution in [0.4, 0.5) is 0 Å². The number of aliphatic hydroxyl groups is 3. The Morgan fingerprint density at radius 1 is 0.650 bits per heavy atom. The molecule has 0 spiro atoms. The van der Waals surface area contributed by atoms with Crippen molar-refractivity contribution < 1.29 is 56.2 Å². The fraction of sp³-hybridized carbons (Fsp3) is 0.766. The van der Waals surface area contributed by atoms with Gasteiger partial charge >= 0.3 is 16.4 Å². The van der Waals surface area contributed by atoms with E-state index < -0.39 is 59.8 Å². The van der Waals surface area contributed by atoms with Crippen molar-refractivity contribution in [2.24, 2.45) is 0 Å². The van der Waals surface area contributed by atoms with Crippen molar-refractivity contribution in [1.82, 2.24) is 0 Å². The first-order valence-corrected chi connectivity index (χ1v) is 24.4. The van der Waals surface area contributed by atoms with Gasteiger partial charge in [-0.2, -0.15) is 8.42 Å². The third-order valence-electron chi connectivity index (χ3n) is 10.2. The van der Waals surface area contributed by atoms with Gasteiger partial charge in [-0.1, -0.05) is 164 Å². The molecule has 0 aromatic rings. The maximum atomic E-state index is 12.8. The average molecular weight is 871 g/mol. The van der Waals surface area contributed by atoms with E-state index in [4.69, 9.17) is 23.5 Å². The molecule has 0 bridgehead atoms. The van der Waals surface area contributed by atoms with Crippen molar-refractivity contribution in [2.75, 3.05) is 26.4 Å². The van der Waals surface area contributed by atoms with Crippen LogP contribution in [0.2, 0.25) is 0 Å².